The third-order valence-corrected chi connectivity index (χ3v) is 4.61. The number of amides is 1. The molecule has 2 aromatic heterocycles. The number of hydrogen-bond acceptors (Lipinski definition) is 6. The zero-order chi connectivity index (χ0) is 18.8. The van der Waals surface area contributed by atoms with E-state index in [0.29, 0.717) is 42.8 Å². The smallest absolute Gasteiger partial charge is 0.272 e. The molecule has 1 aromatic carbocycles. The molecule has 8 heteroatoms. The van der Waals surface area contributed by atoms with Crippen LogP contribution >= 0.6 is 0 Å². The van der Waals surface area contributed by atoms with Gasteiger partial charge in [0.2, 0.25) is 0 Å². The third-order valence-electron chi connectivity index (χ3n) is 4.61. The summed E-state index contributed by atoms with van der Waals surface area (Å²) in [6, 6.07) is 9.33. The van der Waals surface area contributed by atoms with E-state index in [9.17, 15) is 4.79 Å². The van der Waals surface area contributed by atoms with Crippen molar-refractivity contribution in [1.82, 2.24) is 24.8 Å². The second kappa shape index (κ2) is 7.22. The Balaban J connectivity index is 1.47. The molecule has 1 aliphatic rings. The fraction of sp³-hybridized carbons (Fsp3) is 0.368. The molecule has 3 aromatic rings. The number of likely N-dealkylation sites (tertiary alicyclic amines) is 1. The van der Waals surface area contributed by atoms with Gasteiger partial charge in [-0.25, -0.2) is 0 Å². The first kappa shape index (κ1) is 17.3. The van der Waals surface area contributed by atoms with Gasteiger partial charge in [0.25, 0.3) is 11.8 Å². The Morgan fingerprint density at radius 1 is 1.33 bits per heavy atom. The summed E-state index contributed by atoms with van der Waals surface area (Å²) in [6.45, 7) is 5.59. The van der Waals surface area contributed by atoms with Crippen LogP contribution < -0.4 is 4.74 Å². The van der Waals surface area contributed by atoms with Crippen molar-refractivity contribution >= 4 is 5.91 Å². The van der Waals surface area contributed by atoms with Gasteiger partial charge in [0.05, 0.1) is 12.1 Å². The van der Waals surface area contributed by atoms with E-state index in [2.05, 4.69) is 15.2 Å². The molecule has 1 saturated heterocycles. The first-order valence-corrected chi connectivity index (χ1v) is 9.03. The van der Waals surface area contributed by atoms with E-state index in [0.717, 1.165) is 12.0 Å². The molecule has 140 valence electrons. The first-order valence-electron chi connectivity index (χ1n) is 9.03. The van der Waals surface area contributed by atoms with Crippen molar-refractivity contribution in [3.63, 3.8) is 0 Å². The van der Waals surface area contributed by atoms with E-state index in [1.54, 1.807) is 23.9 Å². The standard InChI is InChI=1S/C19H21N5O3/c1-3-24-16(8-10-20-24)19(25)23-11-9-14(12-23)26-17-7-5-4-6-15(17)18-21-13(2)22-27-18/h4-8,10,14H,3,9,11-12H2,1-2H3. The van der Waals surface area contributed by atoms with Gasteiger partial charge < -0.3 is 14.2 Å². The maximum absolute atomic E-state index is 12.8. The molecular weight excluding hydrogens is 346 g/mol. The molecule has 0 N–H and O–H groups in total. The van der Waals surface area contributed by atoms with Crippen molar-refractivity contribution in [3.8, 4) is 17.2 Å². The van der Waals surface area contributed by atoms with Crippen LogP contribution in [0, 0.1) is 6.92 Å². The van der Waals surface area contributed by atoms with Gasteiger partial charge in [-0.1, -0.05) is 17.3 Å². The molecule has 3 heterocycles. The minimum absolute atomic E-state index is 0.0127. The summed E-state index contributed by atoms with van der Waals surface area (Å²) < 4.78 is 13.2. The predicted octanol–water partition coefficient (Wildman–Crippen LogP) is 2.55. The fourth-order valence-electron chi connectivity index (χ4n) is 3.27. The van der Waals surface area contributed by atoms with Crippen LogP contribution in [0.15, 0.2) is 41.1 Å². The minimum atomic E-state index is -0.0860. The van der Waals surface area contributed by atoms with Crippen molar-refractivity contribution in [2.45, 2.75) is 32.9 Å². The Labute approximate surface area is 156 Å². The second-order valence-electron chi connectivity index (χ2n) is 6.45. The monoisotopic (exact) mass is 367 g/mol. The molecule has 1 amide bonds. The number of carbonyl (C=O) groups excluding carboxylic acids is 1. The Bertz CT molecular complexity index is 948. The van der Waals surface area contributed by atoms with Crippen LogP contribution in [-0.2, 0) is 6.54 Å². The Hall–Kier alpha value is -3.16. The predicted molar refractivity (Wildman–Crippen MR) is 97.3 cm³/mol. The number of carbonyl (C=O) groups is 1. The highest BCUT2D eigenvalue weighted by Gasteiger charge is 2.30. The van der Waals surface area contributed by atoms with Crippen molar-refractivity contribution in [1.29, 1.82) is 0 Å². The molecule has 4 rings (SSSR count). The molecular formula is C19H21N5O3. The summed E-state index contributed by atoms with van der Waals surface area (Å²) >= 11 is 0. The maximum Gasteiger partial charge on any atom is 0.272 e. The number of benzene rings is 1. The van der Waals surface area contributed by atoms with Crippen molar-refractivity contribution in [3.05, 3.63) is 48.0 Å². The lowest BCUT2D eigenvalue weighted by molar-refractivity contribution is 0.0760. The first-order chi connectivity index (χ1) is 13.2. The highest BCUT2D eigenvalue weighted by Crippen LogP contribution is 2.30. The van der Waals surface area contributed by atoms with Gasteiger partial charge >= 0.3 is 0 Å². The quantitative estimate of drug-likeness (QED) is 0.689. The SMILES string of the molecule is CCn1nccc1C(=O)N1CCC(Oc2ccccc2-c2nc(C)no2)C1. The summed E-state index contributed by atoms with van der Waals surface area (Å²) in [7, 11) is 0. The van der Waals surface area contributed by atoms with Crippen LogP contribution in [0.2, 0.25) is 0 Å². The van der Waals surface area contributed by atoms with Gasteiger partial charge in [0.15, 0.2) is 5.82 Å². The van der Waals surface area contributed by atoms with Gasteiger partial charge in [-0.2, -0.15) is 10.1 Å². The van der Waals surface area contributed by atoms with Crippen LogP contribution in [0.25, 0.3) is 11.5 Å². The van der Waals surface area contributed by atoms with Gasteiger partial charge in [-0.3, -0.25) is 9.48 Å². The minimum Gasteiger partial charge on any atom is -0.488 e. The normalized spacial score (nSPS) is 16.7. The summed E-state index contributed by atoms with van der Waals surface area (Å²) in [5, 5.41) is 8.02. The van der Waals surface area contributed by atoms with E-state index >= 15 is 0 Å². The highest BCUT2D eigenvalue weighted by molar-refractivity contribution is 5.92. The van der Waals surface area contributed by atoms with Crippen molar-refractivity contribution in [2.75, 3.05) is 13.1 Å². The number of nitrogens with zero attached hydrogens (tertiary/aromatic N) is 5. The average molecular weight is 367 g/mol. The van der Waals surface area contributed by atoms with Crippen LogP contribution in [0.1, 0.15) is 29.7 Å². The molecule has 0 spiro atoms. The van der Waals surface area contributed by atoms with E-state index < -0.39 is 0 Å². The lowest BCUT2D eigenvalue weighted by atomic mass is 10.2. The van der Waals surface area contributed by atoms with Crippen LogP contribution in [0.4, 0.5) is 0 Å². The molecule has 27 heavy (non-hydrogen) atoms. The topological polar surface area (TPSA) is 86.3 Å². The molecule has 1 atom stereocenters. The van der Waals surface area contributed by atoms with Gasteiger partial charge in [0, 0.05) is 25.7 Å². The van der Waals surface area contributed by atoms with E-state index in [4.69, 9.17) is 9.26 Å². The largest absolute Gasteiger partial charge is 0.488 e. The molecule has 0 bridgehead atoms. The van der Waals surface area contributed by atoms with Gasteiger partial charge in [-0.15, -0.1) is 0 Å². The van der Waals surface area contributed by atoms with Crippen molar-refractivity contribution in [2.24, 2.45) is 0 Å². The molecule has 0 aliphatic carbocycles. The van der Waals surface area contributed by atoms with Crippen LogP contribution in [-0.4, -0.2) is 49.9 Å². The number of hydrogen-bond donors (Lipinski definition) is 0. The Morgan fingerprint density at radius 2 is 2.19 bits per heavy atom. The summed E-state index contributed by atoms with van der Waals surface area (Å²) in [5.74, 6) is 1.67. The second-order valence-corrected chi connectivity index (χ2v) is 6.45. The van der Waals surface area contributed by atoms with E-state index in [1.165, 1.54) is 0 Å². The Kier molecular flexibility index (Phi) is 4.62. The molecule has 1 aliphatic heterocycles. The molecule has 1 unspecified atom stereocenters. The molecule has 1 fully saturated rings. The zero-order valence-corrected chi connectivity index (χ0v) is 15.3. The van der Waals surface area contributed by atoms with Crippen LogP contribution in [0.3, 0.4) is 0 Å². The molecule has 0 radical (unpaired) electrons. The van der Waals surface area contributed by atoms with Crippen molar-refractivity contribution < 1.29 is 14.1 Å². The Morgan fingerprint density at radius 3 is 2.96 bits per heavy atom. The summed E-state index contributed by atoms with van der Waals surface area (Å²) in [4.78, 5) is 18.8. The van der Waals surface area contributed by atoms with E-state index in [-0.39, 0.29) is 12.0 Å². The highest BCUT2D eigenvalue weighted by atomic mass is 16.5. The third kappa shape index (κ3) is 3.42. The number of para-hydroxylation sites is 1. The fourth-order valence-corrected chi connectivity index (χ4v) is 3.27. The van der Waals surface area contributed by atoms with E-state index in [1.807, 2.05) is 36.1 Å². The number of aromatic nitrogens is 4. The van der Waals surface area contributed by atoms with Gasteiger partial charge in [-0.05, 0) is 32.0 Å². The summed E-state index contributed by atoms with van der Waals surface area (Å²) in [5.41, 5.74) is 1.37. The molecule has 0 saturated carbocycles. The maximum atomic E-state index is 12.8. The average Bonchev–Trinajstić information content (AvgIpc) is 3.42. The number of aryl methyl sites for hydroxylation is 2. The number of rotatable bonds is 5. The summed E-state index contributed by atoms with van der Waals surface area (Å²) in [6.07, 6.45) is 2.34. The lowest BCUT2D eigenvalue weighted by Gasteiger charge is -2.18. The number of ether oxygens (including phenoxy) is 1. The zero-order valence-electron chi connectivity index (χ0n) is 15.3. The lowest BCUT2D eigenvalue weighted by Crippen LogP contribution is -2.32. The van der Waals surface area contributed by atoms with Gasteiger partial charge in [0.1, 0.15) is 17.5 Å². The molecule has 8 nitrogen and oxygen atoms in total. The van der Waals surface area contributed by atoms with Crippen LogP contribution in [0.5, 0.6) is 5.75 Å².